The smallest absolute Gasteiger partial charge is 0.303 e. The van der Waals surface area contributed by atoms with Gasteiger partial charge in [0.05, 0.1) is 0 Å². The molecule has 2 heteroatoms. The molecule has 20 heavy (non-hydrogen) atoms. The van der Waals surface area contributed by atoms with Crippen LogP contribution in [-0.4, -0.2) is 11.1 Å². The van der Waals surface area contributed by atoms with Gasteiger partial charge in [0.15, 0.2) is 0 Å². The van der Waals surface area contributed by atoms with E-state index in [0.717, 1.165) is 30.6 Å². The zero-order valence-corrected chi connectivity index (χ0v) is 14.2. The normalized spacial score (nSPS) is 14.4. The van der Waals surface area contributed by atoms with E-state index in [-0.39, 0.29) is 0 Å². The van der Waals surface area contributed by atoms with Gasteiger partial charge in [-0.15, -0.1) is 0 Å². The number of rotatable bonds is 13. The van der Waals surface area contributed by atoms with Gasteiger partial charge in [-0.2, -0.15) is 0 Å². The number of hydrogen-bond donors (Lipinski definition) is 1. The summed E-state index contributed by atoms with van der Waals surface area (Å²) in [7, 11) is 0. The highest BCUT2D eigenvalue weighted by Gasteiger charge is 2.14. The fourth-order valence-electron chi connectivity index (χ4n) is 2.72. The van der Waals surface area contributed by atoms with Crippen molar-refractivity contribution in [3.63, 3.8) is 0 Å². The highest BCUT2D eigenvalue weighted by Crippen LogP contribution is 2.25. The van der Waals surface area contributed by atoms with Crippen LogP contribution in [0.5, 0.6) is 0 Å². The Morgan fingerprint density at radius 1 is 0.800 bits per heavy atom. The largest absolute Gasteiger partial charge is 0.481 e. The molecular weight excluding hydrogens is 248 g/mol. The molecule has 0 aliphatic carbocycles. The molecule has 1 N–H and O–H groups in total. The average Bonchev–Trinajstić information content (AvgIpc) is 2.39. The molecule has 120 valence electrons. The molecule has 0 spiro atoms. The molecule has 2 nitrogen and oxygen atoms in total. The van der Waals surface area contributed by atoms with E-state index in [4.69, 9.17) is 5.11 Å². The minimum absolute atomic E-state index is 0.339. The summed E-state index contributed by atoms with van der Waals surface area (Å²) in [6, 6.07) is 0. The molecule has 0 radical (unpaired) electrons. The van der Waals surface area contributed by atoms with Crippen LogP contribution < -0.4 is 0 Å². The molecule has 0 aromatic rings. The van der Waals surface area contributed by atoms with Crippen LogP contribution in [0.1, 0.15) is 91.9 Å². The lowest BCUT2D eigenvalue weighted by Gasteiger charge is -2.23. The van der Waals surface area contributed by atoms with Gasteiger partial charge in [-0.05, 0) is 24.2 Å². The van der Waals surface area contributed by atoms with Crippen molar-refractivity contribution in [1.29, 1.82) is 0 Å². The van der Waals surface area contributed by atoms with Crippen LogP contribution in [0.3, 0.4) is 0 Å². The topological polar surface area (TPSA) is 37.3 Å². The van der Waals surface area contributed by atoms with E-state index in [0.29, 0.717) is 6.42 Å². The number of carboxylic acids is 1. The lowest BCUT2D eigenvalue weighted by atomic mass is 9.83. The first-order valence-corrected chi connectivity index (χ1v) is 8.67. The molecule has 0 bridgehead atoms. The predicted molar refractivity (Wildman–Crippen MR) is 87.0 cm³/mol. The van der Waals surface area contributed by atoms with E-state index in [9.17, 15) is 4.79 Å². The lowest BCUT2D eigenvalue weighted by Crippen LogP contribution is -2.14. The molecule has 0 rings (SSSR count). The van der Waals surface area contributed by atoms with Crippen LogP contribution in [0.4, 0.5) is 0 Å². The molecule has 0 aromatic heterocycles. The quantitative estimate of drug-likeness (QED) is 0.427. The molecule has 0 heterocycles. The second kappa shape index (κ2) is 12.2. The third-order valence-corrected chi connectivity index (χ3v) is 4.75. The number of unbranched alkanes of at least 4 members (excludes halogenated alkanes) is 7. The van der Waals surface area contributed by atoms with E-state index in [1.807, 2.05) is 0 Å². The summed E-state index contributed by atoms with van der Waals surface area (Å²) in [5, 5.41) is 8.53. The third kappa shape index (κ3) is 11.3. The van der Waals surface area contributed by atoms with Crippen molar-refractivity contribution < 1.29 is 9.90 Å². The second-order valence-electron chi connectivity index (χ2n) is 6.84. The Morgan fingerprint density at radius 3 is 1.70 bits per heavy atom. The maximum absolute atomic E-state index is 10.4. The number of aliphatic carboxylic acids is 1. The van der Waals surface area contributed by atoms with Gasteiger partial charge in [-0.3, -0.25) is 4.79 Å². The molecule has 0 amide bonds. The van der Waals surface area contributed by atoms with Gasteiger partial charge in [0, 0.05) is 6.42 Å². The van der Waals surface area contributed by atoms with Gasteiger partial charge < -0.3 is 5.11 Å². The maximum atomic E-state index is 10.4. The Bertz CT molecular complexity index is 236. The standard InChI is InChI=1S/C18H36O2/c1-15(2)17(4)16(3)13-11-9-7-5-6-8-10-12-14-18(19)20/h15-17H,5-14H2,1-4H3,(H,19,20). The molecule has 0 aliphatic heterocycles. The first kappa shape index (κ1) is 19.5. The molecular formula is C18H36O2. The summed E-state index contributed by atoms with van der Waals surface area (Å²) in [5.41, 5.74) is 0. The third-order valence-electron chi connectivity index (χ3n) is 4.75. The summed E-state index contributed by atoms with van der Waals surface area (Å²) in [4.78, 5) is 10.4. The minimum atomic E-state index is -0.658. The Morgan fingerprint density at radius 2 is 1.25 bits per heavy atom. The highest BCUT2D eigenvalue weighted by atomic mass is 16.4. The molecule has 2 unspecified atom stereocenters. The monoisotopic (exact) mass is 284 g/mol. The summed E-state index contributed by atoms with van der Waals surface area (Å²) in [6.07, 6.45) is 11.5. The zero-order chi connectivity index (χ0) is 15.4. The van der Waals surface area contributed by atoms with E-state index < -0.39 is 5.97 Å². The van der Waals surface area contributed by atoms with Crippen molar-refractivity contribution in [1.82, 2.24) is 0 Å². The van der Waals surface area contributed by atoms with E-state index in [2.05, 4.69) is 27.7 Å². The molecule has 0 saturated heterocycles. The first-order valence-electron chi connectivity index (χ1n) is 8.67. The SMILES string of the molecule is CC(C)C(C)C(C)CCCCCCCCCCC(=O)O. The summed E-state index contributed by atoms with van der Waals surface area (Å²) in [5.74, 6) is 1.83. The number of carbonyl (C=O) groups is 1. The van der Waals surface area contributed by atoms with Crippen LogP contribution in [-0.2, 0) is 4.79 Å². The van der Waals surface area contributed by atoms with Gasteiger partial charge in [0.25, 0.3) is 0 Å². The molecule has 0 fully saturated rings. The van der Waals surface area contributed by atoms with Crippen LogP contribution in [0, 0.1) is 17.8 Å². The van der Waals surface area contributed by atoms with Gasteiger partial charge in [0.2, 0.25) is 0 Å². The average molecular weight is 284 g/mol. The van der Waals surface area contributed by atoms with E-state index >= 15 is 0 Å². The van der Waals surface area contributed by atoms with Crippen LogP contribution in [0.2, 0.25) is 0 Å². The summed E-state index contributed by atoms with van der Waals surface area (Å²) in [6.45, 7) is 9.43. The fourth-order valence-corrected chi connectivity index (χ4v) is 2.72. The lowest BCUT2D eigenvalue weighted by molar-refractivity contribution is -0.137. The van der Waals surface area contributed by atoms with Crippen LogP contribution in [0.15, 0.2) is 0 Å². The first-order chi connectivity index (χ1) is 9.45. The van der Waals surface area contributed by atoms with E-state index in [1.165, 1.54) is 44.9 Å². The Labute approximate surface area is 126 Å². The van der Waals surface area contributed by atoms with Gasteiger partial charge in [-0.1, -0.05) is 79.1 Å². The maximum Gasteiger partial charge on any atom is 0.303 e. The Kier molecular flexibility index (Phi) is 11.9. The predicted octanol–water partition coefficient (Wildman–Crippen LogP) is 5.90. The Balaban J connectivity index is 3.26. The Hall–Kier alpha value is -0.530. The highest BCUT2D eigenvalue weighted by molar-refractivity contribution is 5.66. The van der Waals surface area contributed by atoms with Crippen molar-refractivity contribution in [2.45, 2.75) is 91.9 Å². The van der Waals surface area contributed by atoms with Gasteiger partial charge in [0.1, 0.15) is 0 Å². The molecule has 0 aliphatic rings. The summed E-state index contributed by atoms with van der Waals surface area (Å²) >= 11 is 0. The second-order valence-corrected chi connectivity index (χ2v) is 6.84. The molecule has 0 aromatic carbocycles. The number of carboxylic acid groups (broad SMARTS) is 1. The van der Waals surface area contributed by atoms with Crippen molar-refractivity contribution in [2.24, 2.45) is 17.8 Å². The van der Waals surface area contributed by atoms with Crippen molar-refractivity contribution in [3.05, 3.63) is 0 Å². The minimum Gasteiger partial charge on any atom is -0.481 e. The van der Waals surface area contributed by atoms with E-state index in [1.54, 1.807) is 0 Å². The summed E-state index contributed by atoms with van der Waals surface area (Å²) < 4.78 is 0. The van der Waals surface area contributed by atoms with Crippen LogP contribution >= 0.6 is 0 Å². The molecule has 2 atom stereocenters. The zero-order valence-electron chi connectivity index (χ0n) is 14.2. The number of hydrogen-bond acceptors (Lipinski definition) is 1. The fraction of sp³-hybridized carbons (Fsp3) is 0.944. The van der Waals surface area contributed by atoms with Gasteiger partial charge >= 0.3 is 5.97 Å². The van der Waals surface area contributed by atoms with Crippen molar-refractivity contribution >= 4 is 5.97 Å². The molecule has 0 saturated carbocycles. The van der Waals surface area contributed by atoms with Crippen molar-refractivity contribution in [2.75, 3.05) is 0 Å². The van der Waals surface area contributed by atoms with Crippen molar-refractivity contribution in [3.8, 4) is 0 Å². The van der Waals surface area contributed by atoms with Gasteiger partial charge in [-0.25, -0.2) is 0 Å². The van der Waals surface area contributed by atoms with Crippen LogP contribution in [0.25, 0.3) is 0 Å².